The number of alkyl halides is 3. The van der Waals surface area contributed by atoms with Crippen LogP contribution in [0.15, 0.2) is 41.3 Å². The number of nitrogens with zero attached hydrogens (tertiary/aromatic N) is 5. The second-order valence-electron chi connectivity index (χ2n) is 8.40. The molecule has 11 nitrogen and oxygen atoms in total. The number of hydrogen-bond acceptors (Lipinski definition) is 8. The number of carbonyl (C=O) groups excluding carboxylic acids is 1. The smallest absolute Gasteiger partial charge is 0.324 e. The molecule has 39 heavy (non-hydrogen) atoms. The van der Waals surface area contributed by atoms with Gasteiger partial charge in [-0.15, -0.1) is 0 Å². The van der Waals surface area contributed by atoms with Crippen LogP contribution in [0.3, 0.4) is 0 Å². The maximum Gasteiger partial charge on any atom is 0.435 e. The third kappa shape index (κ3) is 4.72. The first-order valence-corrected chi connectivity index (χ1v) is 12.9. The number of sulfonamides is 1. The van der Waals surface area contributed by atoms with Crippen molar-refractivity contribution in [2.45, 2.75) is 6.18 Å². The molecule has 0 aliphatic carbocycles. The summed E-state index contributed by atoms with van der Waals surface area (Å²) in [5.74, 6) is -2.02. The summed E-state index contributed by atoms with van der Waals surface area (Å²) in [5, 5.41) is 6.37. The fraction of sp³-hybridized carbons (Fsp3) is 0.136. The number of pyridine rings is 2. The van der Waals surface area contributed by atoms with Crippen molar-refractivity contribution in [3.63, 3.8) is 0 Å². The van der Waals surface area contributed by atoms with Crippen LogP contribution in [-0.4, -0.2) is 44.7 Å². The Kier molecular flexibility index (Phi) is 5.99. The van der Waals surface area contributed by atoms with Gasteiger partial charge in [0.25, 0.3) is 11.5 Å². The Balaban J connectivity index is 1.83. The Morgan fingerprint density at radius 1 is 1.13 bits per heavy atom. The van der Waals surface area contributed by atoms with Gasteiger partial charge in [-0.3, -0.25) is 9.59 Å². The van der Waals surface area contributed by atoms with E-state index < -0.39 is 44.7 Å². The zero-order valence-electron chi connectivity index (χ0n) is 19.6. The molecule has 0 radical (unpaired) electrons. The second-order valence-corrected chi connectivity index (χ2v) is 10.6. The fourth-order valence-electron chi connectivity index (χ4n) is 3.98. The Labute approximate surface area is 220 Å². The van der Waals surface area contributed by atoms with E-state index >= 15 is 0 Å². The maximum absolute atomic E-state index is 13.6. The third-order valence-electron chi connectivity index (χ3n) is 5.61. The Hall–Kier alpha value is -4.31. The molecule has 4 aromatic heterocycles. The highest BCUT2D eigenvalue weighted by molar-refractivity contribution is 7.89. The molecule has 1 aromatic carbocycles. The average molecular weight is 584 g/mol. The van der Waals surface area contributed by atoms with Crippen molar-refractivity contribution in [1.29, 1.82) is 0 Å². The Morgan fingerprint density at radius 2 is 1.85 bits per heavy atom. The first-order valence-electron chi connectivity index (χ1n) is 10.7. The van der Waals surface area contributed by atoms with Crippen LogP contribution < -0.4 is 15.6 Å². The molecule has 2 N–H and O–H groups in total. The number of aromatic nitrogens is 5. The molecule has 5 aromatic rings. The van der Waals surface area contributed by atoms with Crippen molar-refractivity contribution in [3.8, 4) is 0 Å². The number of anilines is 2. The predicted octanol–water partition coefficient (Wildman–Crippen LogP) is 3.37. The van der Waals surface area contributed by atoms with Crippen LogP contribution in [0, 0.1) is 5.82 Å². The fourth-order valence-corrected chi connectivity index (χ4v) is 4.60. The van der Waals surface area contributed by atoms with Gasteiger partial charge in [-0.25, -0.2) is 27.0 Å². The van der Waals surface area contributed by atoms with E-state index in [4.69, 9.17) is 11.6 Å². The summed E-state index contributed by atoms with van der Waals surface area (Å²) in [7, 11) is -2.83. The van der Waals surface area contributed by atoms with E-state index in [1.165, 1.54) is 25.4 Å². The zero-order chi connectivity index (χ0) is 28.4. The second kappa shape index (κ2) is 8.88. The van der Waals surface area contributed by atoms with E-state index in [2.05, 4.69) is 20.4 Å². The van der Waals surface area contributed by atoms with Gasteiger partial charge in [-0.05, 0) is 30.3 Å². The standard InChI is InChI=1S/C22H14ClF4N7O4S/c1-33-17-10(6-11(20(33)36)19(35)32-39(2,37)38)12-8-28-21(29-9-3-4-14(24)13(23)5-9)30-18(12)34-15(17)7-16(31-34)22(25,26)27/h3-8H,1-2H3,(H,32,35)(H,28,29,30). The predicted molar refractivity (Wildman–Crippen MR) is 133 cm³/mol. The summed E-state index contributed by atoms with van der Waals surface area (Å²) in [5.41, 5.74) is -2.91. The molecule has 17 heteroatoms. The summed E-state index contributed by atoms with van der Waals surface area (Å²) in [6, 6.07) is 5.44. The van der Waals surface area contributed by atoms with Gasteiger partial charge in [0.1, 0.15) is 11.4 Å². The van der Waals surface area contributed by atoms with Crippen LogP contribution in [0.4, 0.5) is 29.2 Å². The lowest BCUT2D eigenvalue weighted by Gasteiger charge is -2.13. The summed E-state index contributed by atoms with van der Waals surface area (Å²) in [4.78, 5) is 34.0. The zero-order valence-corrected chi connectivity index (χ0v) is 21.2. The normalized spacial score (nSPS) is 12.4. The number of benzene rings is 1. The van der Waals surface area contributed by atoms with Gasteiger partial charge in [0.05, 0.1) is 22.3 Å². The Bertz CT molecular complexity index is 2020. The van der Waals surface area contributed by atoms with E-state index in [9.17, 15) is 35.6 Å². The third-order valence-corrected chi connectivity index (χ3v) is 6.46. The average Bonchev–Trinajstić information content (AvgIpc) is 3.28. The van der Waals surface area contributed by atoms with Crippen LogP contribution >= 0.6 is 11.6 Å². The number of aryl methyl sites for hydroxylation is 1. The van der Waals surface area contributed by atoms with Crippen LogP contribution in [0.25, 0.3) is 27.5 Å². The highest BCUT2D eigenvalue weighted by Crippen LogP contribution is 2.34. The van der Waals surface area contributed by atoms with E-state index in [1.54, 1.807) is 4.72 Å². The van der Waals surface area contributed by atoms with Gasteiger partial charge in [-0.2, -0.15) is 23.3 Å². The summed E-state index contributed by atoms with van der Waals surface area (Å²) < 4.78 is 81.0. The molecule has 0 unspecified atom stereocenters. The number of hydrogen-bond donors (Lipinski definition) is 2. The van der Waals surface area contributed by atoms with Crippen molar-refractivity contribution >= 4 is 66.6 Å². The van der Waals surface area contributed by atoms with Crippen molar-refractivity contribution in [2.24, 2.45) is 7.05 Å². The minimum atomic E-state index is -4.85. The molecule has 5 rings (SSSR count). The molecule has 0 saturated carbocycles. The minimum Gasteiger partial charge on any atom is -0.324 e. The topological polar surface area (TPSA) is 140 Å². The monoisotopic (exact) mass is 583 g/mol. The number of nitrogens with one attached hydrogen (secondary N) is 2. The molecule has 0 aliphatic rings. The largest absolute Gasteiger partial charge is 0.435 e. The molecular formula is C22H14ClF4N7O4S. The lowest BCUT2D eigenvalue weighted by atomic mass is 10.1. The molecule has 0 atom stereocenters. The van der Waals surface area contributed by atoms with Gasteiger partial charge in [-0.1, -0.05) is 11.6 Å². The summed E-state index contributed by atoms with van der Waals surface area (Å²) in [6.07, 6.45) is -2.91. The van der Waals surface area contributed by atoms with E-state index in [-0.39, 0.29) is 44.1 Å². The summed E-state index contributed by atoms with van der Waals surface area (Å²) >= 11 is 5.80. The van der Waals surface area contributed by atoms with Gasteiger partial charge < -0.3 is 9.88 Å². The first kappa shape index (κ1) is 26.3. The van der Waals surface area contributed by atoms with Crippen LogP contribution in [-0.2, 0) is 23.2 Å². The van der Waals surface area contributed by atoms with Gasteiger partial charge in [0.2, 0.25) is 16.0 Å². The number of halogens is 5. The van der Waals surface area contributed by atoms with E-state index in [1.807, 2.05) is 0 Å². The Morgan fingerprint density at radius 3 is 2.49 bits per heavy atom. The van der Waals surface area contributed by atoms with Crippen molar-refractivity contribution in [1.82, 2.24) is 28.9 Å². The lowest BCUT2D eigenvalue weighted by Crippen LogP contribution is -2.35. The van der Waals surface area contributed by atoms with E-state index in [0.29, 0.717) is 6.07 Å². The molecule has 202 valence electrons. The number of amides is 1. The van der Waals surface area contributed by atoms with Crippen LogP contribution in [0.2, 0.25) is 5.02 Å². The quantitative estimate of drug-likeness (QED) is 0.242. The molecular weight excluding hydrogens is 570 g/mol. The minimum absolute atomic E-state index is 0.0407. The number of fused-ring (bicyclic) bond motifs is 6. The van der Waals surface area contributed by atoms with Gasteiger partial charge >= 0.3 is 6.18 Å². The molecule has 0 aliphatic heterocycles. The maximum atomic E-state index is 13.6. The highest BCUT2D eigenvalue weighted by Gasteiger charge is 2.35. The number of rotatable bonds is 4. The molecule has 0 spiro atoms. The number of carbonyl (C=O) groups is 1. The van der Waals surface area contributed by atoms with Crippen LogP contribution in [0.5, 0.6) is 0 Å². The molecule has 0 fully saturated rings. The lowest BCUT2D eigenvalue weighted by molar-refractivity contribution is -0.141. The highest BCUT2D eigenvalue weighted by atomic mass is 35.5. The van der Waals surface area contributed by atoms with Gasteiger partial charge in [0.15, 0.2) is 11.3 Å². The molecule has 0 saturated heterocycles. The summed E-state index contributed by atoms with van der Waals surface area (Å²) in [6.45, 7) is 0. The SMILES string of the molecule is Cn1c(=O)c(C(=O)NS(C)(=O)=O)cc2c3cnc(Nc4ccc(F)c(Cl)c4)nc3n3nc(C(F)(F)F)cc3c21. The molecule has 0 bridgehead atoms. The van der Waals surface area contributed by atoms with Gasteiger partial charge in [0, 0.05) is 29.7 Å². The van der Waals surface area contributed by atoms with E-state index in [0.717, 1.165) is 27.5 Å². The first-order chi connectivity index (χ1) is 18.1. The molecule has 4 heterocycles. The van der Waals surface area contributed by atoms with Crippen molar-refractivity contribution in [2.75, 3.05) is 11.6 Å². The van der Waals surface area contributed by atoms with Crippen molar-refractivity contribution in [3.05, 3.63) is 69.0 Å². The van der Waals surface area contributed by atoms with Crippen molar-refractivity contribution < 1.29 is 30.8 Å². The van der Waals surface area contributed by atoms with Crippen LogP contribution in [0.1, 0.15) is 16.1 Å². The molecule has 1 amide bonds.